The lowest BCUT2D eigenvalue weighted by Gasteiger charge is -2.17. The number of benzene rings is 2. The van der Waals surface area contributed by atoms with E-state index in [0.717, 1.165) is 22.2 Å². The molecule has 0 saturated carbocycles. The first-order valence-corrected chi connectivity index (χ1v) is 8.23. The molecule has 0 aliphatic heterocycles. The smallest absolute Gasteiger partial charge is 0.138 e. The summed E-state index contributed by atoms with van der Waals surface area (Å²) in [7, 11) is 0. The van der Waals surface area contributed by atoms with Gasteiger partial charge in [0, 0.05) is 4.47 Å². The van der Waals surface area contributed by atoms with Crippen LogP contribution >= 0.6 is 28.1 Å². The van der Waals surface area contributed by atoms with Crippen molar-refractivity contribution in [2.75, 3.05) is 0 Å². The average molecular weight is 362 g/mol. The van der Waals surface area contributed by atoms with E-state index in [2.05, 4.69) is 28.1 Å². The lowest BCUT2D eigenvalue weighted by molar-refractivity contribution is 0.479. The van der Waals surface area contributed by atoms with Crippen molar-refractivity contribution in [1.82, 2.24) is 0 Å². The molecule has 2 nitrogen and oxygen atoms in total. The van der Waals surface area contributed by atoms with Crippen molar-refractivity contribution in [3.63, 3.8) is 0 Å². The zero-order valence-corrected chi connectivity index (χ0v) is 14.0. The Hall–Kier alpha value is -1.39. The molecule has 1 aliphatic rings. The van der Waals surface area contributed by atoms with E-state index in [0.29, 0.717) is 10.7 Å². The molecule has 0 heterocycles. The Morgan fingerprint density at radius 2 is 1.86 bits per heavy atom. The normalized spacial score (nSPS) is 13.6. The lowest BCUT2D eigenvalue weighted by Crippen LogP contribution is -2.11. The summed E-state index contributed by atoms with van der Waals surface area (Å²) in [4.78, 5) is 0.329. The zero-order valence-electron chi connectivity index (χ0n) is 11.6. The van der Waals surface area contributed by atoms with Gasteiger partial charge in [-0.3, -0.25) is 0 Å². The van der Waals surface area contributed by atoms with Crippen molar-refractivity contribution >= 4 is 33.1 Å². The molecule has 21 heavy (non-hydrogen) atoms. The molecule has 108 valence electrons. The van der Waals surface area contributed by atoms with Crippen LogP contribution in [0.2, 0.25) is 0 Å². The summed E-state index contributed by atoms with van der Waals surface area (Å²) in [5.74, 6) is 1.53. The fourth-order valence-corrected chi connectivity index (χ4v) is 3.63. The highest BCUT2D eigenvalue weighted by molar-refractivity contribution is 9.10. The van der Waals surface area contributed by atoms with Crippen LogP contribution in [0, 0.1) is 0 Å². The van der Waals surface area contributed by atoms with E-state index in [1.165, 1.54) is 30.4 Å². The van der Waals surface area contributed by atoms with Crippen LogP contribution in [0.5, 0.6) is 11.5 Å². The summed E-state index contributed by atoms with van der Waals surface area (Å²) >= 11 is 8.59. The predicted molar refractivity (Wildman–Crippen MR) is 93.2 cm³/mol. The second kappa shape index (κ2) is 6.16. The summed E-state index contributed by atoms with van der Waals surface area (Å²) < 4.78 is 6.87. The molecular weight excluding hydrogens is 346 g/mol. The first kappa shape index (κ1) is 14.5. The van der Waals surface area contributed by atoms with Crippen LogP contribution in [0.3, 0.4) is 0 Å². The largest absolute Gasteiger partial charge is 0.457 e. The number of rotatable bonds is 3. The van der Waals surface area contributed by atoms with Crippen LogP contribution in [-0.2, 0) is 12.8 Å². The van der Waals surface area contributed by atoms with Gasteiger partial charge in [-0.15, -0.1) is 0 Å². The van der Waals surface area contributed by atoms with Gasteiger partial charge in [0.05, 0.1) is 5.56 Å². The van der Waals surface area contributed by atoms with E-state index in [1.807, 2.05) is 24.3 Å². The van der Waals surface area contributed by atoms with E-state index in [4.69, 9.17) is 22.7 Å². The summed E-state index contributed by atoms with van der Waals surface area (Å²) in [6, 6.07) is 12.0. The fraction of sp³-hybridized carbons (Fsp3) is 0.235. The average Bonchev–Trinajstić information content (AvgIpc) is 2.47. The molecule has 0 spiro atoms. The maximum absolute atomic E-state index is 6.02. The number of hydrogen-bond donors (Lipinski definition) is 1. The van der Waals surface area contributed by atoms with Gasteiger partial charge >= 0.3 is 0 Å². The molecule has 1 aliphatic carbocycles. The Bertz CT molecular complexity index is 699. The Morgan fingerprint density at radius 3 is 2.62 bits per heavy atom. The standard InChI is InChI=1S/C17H16BrNOS/c18-14-6-3-7-15(16(14)17(19)21)20-13-9-8-11-4-1-2-5-12(11)10-13/h3,6-10H,1-2,4-5H2,(H2,19,21). The number of hydrogen-bond acceptors (Lipinski definition) is 2. The second-order valence-corrected chi connectivity index (χ2v) is 6.51. The number of thiocarbonyl (C=S) groups is 1. The summed E-state index contributed by atoms with van der Waals surface area (Å²) in [5, 5.41) is 0. The van der Waals surface area contributed by atoms with E-state index in [9.17, 15) is 0 Å². The van der Waals surface area contributed by atoms with E-state index in [-0.39, 0.29) is 0 Å². The summed E-state index contributed by atoms with van der Waals surface area (Å²) in [6.07, 6.45) is 4.84. The van der Waals surface area contributed by atoms with Gasteiger partial charge in [-0.1, -0.05) is 24.4 Å². The quantitative estimate of drug-likeness (QED) is 0.800. The third kappa shape index (κ3) is 3.11. The van der Waals surface area contributed by atoms with Crippen molar-refractivity contribution in [3.8, 4) is 11.5 Å². The Balaban J connectivity index is 1.94. The molecule has 0 saturated heterocycles. The third-order valence-corrected chi connectivity index (χ3v) is 4.63. The van der Waals surface area contributed by atoms with E-state index in [1.54, 1.807) is 0 Å². The van der Waals surface area contributed by atoms with Crippen LogP contribution in [0.1, 0.15) is 29.5 Å². The molecule has 0 bridgehead atoms. The highest BCUT2D eigenvalue weighted by Crippen LogP contribution is 2.32. The SMILES string of the molecule is NC(=S)c1c(Br)cccc1Oc1ccc2c(c1)CCCC2. The highest BCUT2D eigenvalue weighted by Gasteiger charge is 2.14. The van der Waals surface area contributed by atoms with Gasteiger partial charge in [0.25, 0.3) is 0 Å². The lowest BCUT2D eigenvalue weighted by atomic mass is 9.92. The fourth-order valence-electron chi connectivity index (χ4n) is 2.73. The van der Waals surface area contributed by atoms with Crippen LogP contribution in [0.15, 0.2) is 40.9 Å². The van der Waals surface area contributed by atoms with Crippen LogP contribution in [0.25, 0.3) is 0 Å². The Labute approximate surface area is 138 Å². The molecule has 3 rings (SSSR count). The van der Waals surface area contributed by atoms with Gasteiger partial charge in [-0.25, -0.2) is 0 Å². The Morgan fingerprint density at radius 1 is 1.10 bits per heavy atom. The number of aryl methyl sites for hydroxylation is 2. The predicted octanol–water partition coefficient (Wildman–Crippen LogP) is 4.75. The van der Waals surface area contributed by atoms with Gasteiger partial charge in [-0.2, -0.15) is 0 Å². The zero-order chi connectivity index (χ0) is 14.8. The highest BCUT2D eigenvalue weighted by atomic mass is 79.9. The van der Waals surface area contributed by atoms with Gasteiger partial charge < -0.3 is 10.5 Å². The first-order valence-electron chi connectivity index (χ1n) is 7.03. The molecule has 0 radical (unpaired) electrons. The second-order valence-electron chi connectivity index (χ2n) is 5.22. The van der Waals surface area contributed by atoms with Crippen LogP contribution in [0.4, 0.5) is 0 Å². The number of halogens is 1. The van der Waals surface area contributed by atoms with E-state index < -0.39 is 0 Å². The van der Waals surface area contributed by atoms with Gasteiger partial charge in [-0.05, 0) is 77.0 Å². The van der Waals surface area contributed by atoms with Gasteiger partial charge in [0.1, 0.15) is 16.5 Å². The minimum absolute atomic E-state index is 0.329. The van der Waals surface area contributed by atoms with Crippen LogP contribution in [-0.4, -0.2) is 4.99 Å². The molecule has 0 aromatic heterocycles. The maximum Gasteiger partial charge on any atom is 0.138 e. The number of fused-ring (bicyclic) bond motifs is 1. The van der Waals surface area contributed by atoms with E-state index >= 15 is 0 Å². The monoisotopic (exact) mass is 361 g/mol. The molecule has 2 aromatic rings. The van der Waals surface area contributed by atoms with Crippen molar-refractivity contribution in [3.05, 3.63) is 57.6 Å². The topological polar surface area (TPSA) is 35.2 Å². The minimum Gasteiger partial charge on any atom is -0.457 e. The first-order chi connectivity index (χ1) is 10.1. The number of nitrogens with two attached hydrogens (primary N) is 1. The minimum atomic E-state index is 0.329. The number of ether oxygens (including phenoxy) is 1. The molecule has 0 atom stereocenters. The molecule has 0 unspecified atom stereocenters. The third-order valence-electron chi connectivity index (χ3n) is 3.77. The van der Waals surface area contributed by atoms with Gasteiger partial charge in [0.2, 0.25) is 0 Å². The van der Waals surface area contributed by atoms with Crippen molar-refractivity contribution < 1.29 is 4.74 Å². The Kier molecular flexibility index (Phi) is 4.27. The molecule has 2 aromatic carbocycles. The van der Waals surface area contributed by atoms with Gasteiger partial charge in [0.15, 0.2) is 0 Å². The summed E-state index contributed by atoms with van der Waals surface area (Å²) in [6.45, 7) is 0. The summed E-state index contributed by atoms with van der Waals surface area (Å²) in [5.41, 5.74) is 9.38. The maximum atomic E-state index is 6.02. The molecular formula is C17H16BrNOS. The molecule has 0 fully saturated rings. The van der Waals surface area contributed by atoms with Crippen molar-refractivity contribution in [1.29, 1.82) is 0 Å². The van der Waals surface area contributed by atoms with Crippen molar-refractivity contribution in [2.45, 2.75) is 25.7 Å². The molecule has 4 heteroatoms. The van der Waals surface area contributed by atoms with Crippen LogP contribution < -0.4 is 10.5 Å². The molecule has 2 N–H and O–H groups in total. The molecule has 0 amide bonds. The van der Waals surface area contributed by atoms with Crippen molar-refractivity contribution in [2.24, 2.45) is 5.73 Å².